The highest BCUT2D eigenvalue weighted by Gasteiger charge is 2.17. The highest BCUT2D eigenvalue weighted by atomic mass is 79.9. The zero-order chi connectivity index (χ0) is 9.26. The Morgan fingerprint density at radius 1 is 1.46 bits per heavy atom. The van der Waals surface area contributed by atoms with Crippen molar-refractivity contribution in [2.24, 2.45) is 0 Å². The van der Waals surface area contributed by atoms with Crippen molar-refractivity contribution >= 4 is 21.9 Å². The van der Waals surface area contributed by atoms with E-state index in [1.165, 1.54) is 19.3 Å². The lowest BCUT2D eigenvalue weighted by atomic mass is 9.93. The first kappa shape index (κ1) is 8.94. The second-order valence-corrected chi connectivity index (χ2v) is 4.24. The van der Waals surface area contributed by atoms with Crippen LogP contribution in [0.2, 0.25) is 0 Å². The Bertz CT molecular complexity index is 289. The van der Waals surface area contributed by atoms with Crippen LogP contribution in [0.5, 0.6) is 0 Å². The van der Waals surface area contributed by atoms with E-state index < -0.39 is 0 Å². The van der Waals surface area contributed by atoms with Gasteiger partial charge < -0.3 is 5.32 Å². The van der Waals surface area contributed by atoms with Crippen LogP contribution < -0.4 is 5.32 Å². The topological polar surface area (TPSA) is 37.8 Å². The predicted molar refractivity (Wildman–Crippen MR) is 55.7 cm³/mol. The van der Waals surface area contributed by atoms with Crippen molar-refractivity contribution in [1.29, 1.82) is 0 Å². The maximum absolute atomic E-state index is 4.30. The molecule has 0 aliphatic heterocycles. The van der Waals surface area contributed by atoms with E-state index in [9.17, 15) is 0 Å². The molecule has 0 atom stereocenters. The zero-order valence-corrected chi connectivity index (χ0v) is 9.13. The van der Waals surface area contributed by atoms with Crippen LogP contribution in [0.4, 0.5) is 5.95 Å². The van der Waals surface area contributed by atoms with Crippen molar-refractivity contribution < 1.29 is 0 Å². The van der Waals surface area contributed by atoms with Crippen LogP contribution in [-0.4, -0.2) is 16.0 Å². The molecule has 1 heterocycles. The van der Waals surface area contributed by atoms with Gasteiger partial charge in [0.2, 0.25) is 5.95 Å². The Morgan fingerprint density at radius 3 is 2.77 bits per heavy atom. The largest absolute Gasteiger partial charge is 0.351 e. The predicted octanol–water partition coefficient (Wildman–Crippen LogP) is 2.51. The van der Waals surface area contributed by atoms with Gasteiger partial charge in [-0.3, -0.25) is 0 Å². The fourth-order valence-corrected chi connectivity index (χ4v) is 1.83. The minimum absolute atomic E-state index is 0.591. The fraction of sp³-hybridized carbons (Fsp3) is 0.556. The number of aromatic nitrogens is 2. The van der Waals surface area contributed by atoms with Crippen LogP contribution >= 0.6 is 15.9 Å². The normalized spacial score (nSPS) is 16.8. The molecule has 0 spiro atoms. The number of aryl methyl sites for hydroxylation is 1. The van der Waals surface area contributed by atoms with Crippen molar-refractivity contribution in [2.75, 3.05) is 5.32 Å². The Labute approximate surface area is 86.1 Å². The number of anilines is 1. The van der Waals surface area contributed by atoms with E-state index in [0.29, 0.717) is 6.04 Å². The van der Waals surface area contributed by atoms with Gasteiger partial charge in [-0.05, 0) is 48.2 Å². The molecule has 1 aromatic heterocycles. The second-order valence-electron chi connectivity index (χ2n) is 3.43. The Morgan fingerprint density at radius 2 is 2.23 bits per heavy atom. The van der Waals surface area contributed by atoms with Crippen LogP contribution in [0.1, 0.15) is 25.0 Å². The minimum atomic E-state index is 0.591. The first-order valence-electron chi connectivity index (χ1n) is 4.52. The van der Waals surface area contributed by atoms with Gasteiger partial charge >= 0.3 is 0 Å². The number of nitrogens with one attached hydrogen (secondary N) is 1. The molecule has 1 saturated carbocycles. The molecule has 4 heteroatoms. The van der Waals surface area contributed by atoms with Crippen LogP contribution in [-0.2, 0) is 0 Å². The van der Waals surface area contributed by atoms with Crippen LogP contribution in [0.25, 0.3) is 0 Å². The van der Waals surface area contributed by atoms with Gasteiger partial charge in [-0.2, -0.15) is 0 Å². The summed E-state index contributed by atoms with van der Waals surface area (Å²) in [5.74, 6) is 0.747. The van der Waals surface area contributed by atoms with E-state index in [-0.39, 0.29) is 0 Å². The number of nitrogens with zero attached hydrogens (tertiary/aromatic N) is 2. The van der Waals surface area contributed by atoms with Crippen LogP contribution in [0, 0.1) is 6.92 Å². The molecule has 0 radical (unpaired) electrons. The molecule has 0 unspecified atom stereocenters. The molecule has 1 N–H and O–H groups in total. The minimum Gasteiger partial charge on any atom is -0.351 e. The standard InChI is InChI=1S/C9H12BrN3/c1-6-5-8(10)13-9(11-6)12-7-3-2-4-7/h5,7H,2-4H2,1H3,(H,11,12,13). The Kier molecular flexibility index (Phi) is 2.49. The van der Waals surface area contributed by atoms with Crippen LogP contribution in [0.3, 0.4) is 0 Å². The Hall–Kier alpha value is -0.640. The van der Waals surface area contributed by atoms with Gasteiger partial charge in [0.05, 0.1) is 0 Å². The molecule has 0 saturated heterocycles. The average Bonchev–Trinajstić information content (AvgIpc) is 1.95. The van der Waals surface area contributed by atoms with E-state index in [1.54, 1.807) is 0 Å². The molecular formula is C9H12BrN3. The molecule has 13 heavy (non-hydrogen) atoms. The van der Waals surface area contributed by atoms with E-state index in [4.69, 9.17) is 0 Å². The SMILES string of the molecule is Cc1cc(Br)nc(NC2CCC2)n1. The molecule has 0 amide bonds. The number of halogens is 1. The van der Waals surface area contributed by atoms with Crippen LogP contribution in [0.15, 0.2) is 10.7 Å². The average molecular weight is 242 g/mol. The third-order valence-corrected chi connectivity index (χ3v) is 2.67. The van der Waals surface area contributed by atoms with Crippen molar-refractivity contribution in [3.05, 3.63) is 16.4 Å². The van der Waals surface area contributed by atoms with E-state index in [0.717, 1.165) is 16.2 Å². The third-order valence-electron chi connectivity index (χ3n) is 2.26. The van der Waals surface area contributed by atoms with Crippen molar-refractivity contribution in [1.82, 2.24) is 9.97 Å². The van der Waals surface area contributed by atoms with E-state index in [1.807, 2.05) is 13.0 Å². The van der Waals surface area contributed by atoms with Crippen molar-refractivity contribution in [2.45, 2.75) is 32.2 Å². The van der Waals surface area contributed by atoms with Gasteiger partial charge in [0.25, 0.3) is 0 Å². The number of hydrogen-bond donors (Lipinski definition) is 1. The molecule has 1 aromatic rings. The number of rotatable bonds is 2. The zero-order valence-electron chi connectivity index (χ0n) is 7.55. The summed E-state index contributed by atoms with van der Waals surface area (Å²) in [6.45, 7) is 1.97. The molecular weight excluding hydrogens is 230 g/mol. The Balaban J connectivity index is 2.10. The fourth-order valence-electron chi connectivity index (χ4n) is 1.33. The smallest absolute Gasteiger partial charge is 0.224 e. The first-order valence-corrected chi connectivity index (χ1v) is 5.31. The summed E-state index contributed by atoms with van der Waals surface area (Å²) in [4.78, 5) is 8.55. The molecule has 70 valence electrons. The van der Waals surface area contributed by atoms with E-state index >= 15 is 0 Å². The summed E-state index contributed by atoms with van der Waals surface area (Å²) in [7, 11) is 0. The monoisotopic (exact) mass is 241 g/mol. The molecule has 1 fully saturated rings. The molecule has 0 bridgehead atoms. The highest BCUT2D eigenvalue weighted by molar-refractivity contribution is 9.10. The lowest BCUT2D eigenvalue weighted by Crippen LogP contribution is -2.28. The number of hydrogen-bond acceptors (Lipinski definition) is 3. The summed E-state index contributed by atoms with van der Waals surface area (Å²) in [6.07, 6.45) is 3.81. The third kappa shape index (κ3) is 2.18. The molecule has 1 aliphatic carbocycles. The quantitative estimate of drug-likeness (QED) is 0.809. The van der Waals surface area contributed by atoms with Gasteiger partial charge in [-0.1, -0.05) is 0 Å². The summed E-state index contributed by atoms with van der Waals surface area (Å²) in [5, 5.41) is 3.31. The molecule has 3 nitrogen and oxygen atoms in total. The molecule has 1 aliphatic rings. The lowest BCUT2D eigenvalue weighted by Gasteiger charge is -2.26. The maximum atomic E-state index is 4.30. The lowest BCUT2D eigenvalue weighted by molar-refractivity contribution is 0.443. The van der Waals surface area contributed by atoms with Gasteiger partial charge in [-0.15, -0.1) is 0 Å². The van der Waals surface area contributed by atoms with Crippen molar-refractivity contribution in [3.8, 4) is 0 Å². The first-order chi connectivity index (χ1) is 6.24. The van der Waals surface area contributed by atoms with Crippen molar-refractivity contribution in [3.63, 3.8) is 0 Å². The van der Waals surface area contributed by atoms with Gasteiger partial charge in [0.1, 0.15) is 4.60 Å². The summed E-state index contributed by atoms with van der Waals surface area (Å²) in [5.41, 5.74) is 0.990. The summed E-state index contributed by atoms with van der Waals surface area (Å²) >= 11 is 3.35. The molecule has 0 aromatic carbocycles. The van der Waals surface area contributed by atoms with Gasteiger partial charge in [-0.25, -0.2) is 9.97 Å². The second kappa shape index (κ2) is 3.62. The molecule has 2 rings (SSSR count). The maximum Gasteiger partial charge on any atom is 0.224 e. The van der Waals surface area contributed by atoms with Gasteiger partial charge in [0, 0.05) is 11.7 Å². The van der Waals surface area contributed by atoms with Gasteiger partial charge in [0.15, 0.2) is 0 Å². The summed E-state index contributed by atoms with van der Waals surface area (Å²) in [6, 6.07) is 2.50. The summed E-state index contributed by atoms with van der Waals surface area (Å²) < 4.78 is 0.849. The van der Waals surface area contributed by atoms with E-state index in [2.05, 4.69) is 31.2 Å². The highest BCUT2D eigenvalue weighted by Crippen LogP contribution is 2.22.